The monoisotopic (exact) mass is 126 g/mol. The molecule has 0 radical (unpaired) electrons. The minimum atomic E-state index is -0.525. The topological polar surface area (TPSA) is 17.1 Å². The molecule has 0 heterocycles. The normalized spacial score (nSPS) is 9.17. The van der Waals surface area contributed by atoms with Crippen molar-refractivity contribution in [1.29, 1.82) is 0 Å². The van der Waals surface area contributed by atoms with E-state index in [1.165, 1.54) is 0 Å². The minimum Gasteiger partial charge on any atom is -0.303 e. The van der Waals surface area contributed by atoms with Crippen LogP contribution in [0, 0.1) is 0 Å². The van der Waals surface area contributed by atoms with Crippen LogP contribution in [0.3, 0.4) is 0 Å². The third-order valence-corrected chi connectivity index (χ3v) is 0.631. The fraction of sp³-hybridized carbons (Fsp3) is 0.667. The quantitative estimate of drug-likeness (QED) is 0.404. The smallest absolute Gasteiger partial charge is 0.122 e. The maximum atomic E-state index is 9.45. The molecule has 0 aliphatic carbocycles. The summed E-state index contributed by atoms with van der Waals surface area (Å²) in [5.41, 5.74) is 0. The summed E-state index contributed by atoms with van der Waals surface area (Å²) in [5, 5.41) is 0. The third kappa shape index (κ3) is 4.25. The molecule has 0 amide bonds. The Morgan fingerprint density at radius 1 is 1.67 bits per heavy atom. The fourth-order valence-corrected chi connectivity index (χ4v) is 0.218. The van der Waals surface area contributed by atoms with E-state index in [1.54, 1.807) is 0 Å². The molecule has 0 aliphatic rings. The van der Waals surface area contributed by atoms with Crippen LogP contribution in [0.5, 0.6) is 0 Å². The van der Waals surface area contributed by atoms with E-state index in [2.05, 4.69) is 0 Å². The molecule has 0 unspecified atom stereocenters. The van der Waals surface area contributed by atoms with Gasteiger partial charge in [-0.25, -0.2) is 0 Å². The summed E-state index contributed by atoms with van der Waals surface area (Å²) in [5.74, 6) is 0. The van der Waals surface area contributed by atoms with Gasteiger partial charge in [-0.1, -0.05) is 0 Å². The van der Waals surface area contributed by atoms with Crippen molar-refractivity contribution in [2.24, 2.45) is 0 Å². The zero-order valence-electron chi connectivity index (χ0n) is 3.03. The number of carbonyl (C=O) groups is 1. The number of carbonyl (C=O) groups excluding carboxylic acids is 1. The van der Waals surface area contributed by atoms with Gasteiger partial charge in [-0.3, -0.25) is 0 Å². The molecule has 0 aromatic carbocycles. The number of rotatable bonds is 2. The maximum Gasteiger partial charge on any atom is 0.122 e. The molecule has 0 saturated heterocycles. The van der Waals surface area contributed by atoms with Crippen LogP contribution in [0.2, 0.25) is 0 Å². The molecule has 0 N–H and O–H groups in total. The molecule has 36 valence electrons. The lowest BCUT2D eigenvalue weighted by molar-refractivity contribution is -0.107. The standard InChI is InChI=1S/C3H4Cl2O/c4-3(5)1-2-6/h2-3H,1H2. The van der Waals surface area contributed by atoms with Gasteiger partial charge in [-0.2, -0.15) is 0 Å². The van der Waals surface area contributed by atoms with Gasteiger partial charge in [-0.15, -0.1) is 23.2 Å². The van der Waals surface area contributed by atoms with Crippen molar-refractivity contribution >= 4 is 29.5 Å². The van der Waals surface area contributed by atoms with Crippen molar-refractivity contribution in [3.63, 3.8) is 0 Å². The van der Waals surface area contributed by atoms with Crippen molar-refractivity contribution in [3.8, 4) is 0 Å². The van der Waals surface area contributed by atoms with Crippen LogP contribution in [0.15, 0.2) is 0 Å². The second-order valence-electron chi connectivity index (χ2n) is 0.793. The van der Waals surface area contributed by atoms with Crippen LogP contribution in [-0.4, -0.2) is 11.1 Å². The fourth-order valence-electron chi connectivity index (χ4n) is 0.0727. The van der Waals surface area contributed by atoms with Crippen LogP contribution in [0.4, 0.5) is 0 Å². The number of aldehydes is 1. The number of alkyl halides is 2. The molecule has 6 heavy (non-hydrogen) atoms. The van der Waals surface area contributed by atoms with Crippen LogP contribution in [0.1, 0.15) is 6.42 Å². The molecule has 0 bridgehead atoms. The Morgan fingerprint density at radius 3 is 2.17 bits per heavy atom. The predicted octanol–water partition coefficient (Wildman–Crippen LogP) is 1.38. The van der Waals surface area contributed by atoms with Crippen molar-refractivity contribution in [2.45, 2.75) is 11.3 Å². The van der Waals surface area contributed by atoms with Gasteiger partial charge in [0.1, 0.15) is 11.1 Å². The average molecular weight is 127 g/mol. The van der Waals surface area contributed by atoms with Crippen LogP contribution in [0.25, 0.3) is 0 Å². The Labute approximate surface area is 46.2 Å². The highest BCUT2D eigenvalue weighted by Gasteiger charge is 1.91. The Morgan fingerprint density at radius 2 is 2.17 bits per heavy atom. The predicted molar refractivity (Wildman–Crippen MR) is 26.2 cm³/mol. The third-order valence-electron chi connectivity index (χ3n) is 0.274. The SMILES string of the molecule is O=CCC(Cl)Cl. The summed E-state index contributed by atoms with van der Waals surface area (Å²) in [6.07, 6.45) is 0.910. The molecule has 1 nitrogen and oxygen atoms in total. The summed E-state index contributed by atoms with van der Waals surface area (Å²) in [6.45, 7) is 0. The summed E-state index contributed by atoms with van der Waals surface area (Å²) in [6, 6.07) is 0. The van der Waals surface area contributed by atoms with E-state index in [0.29, 0.717) is 6.29 Å². The van der Waals surface area contributed by atoms with Gasteiger partial charge in [0.2, 0.25) is 0 Å². The first-order valence-corrected chi connectivity index (χ1v) is 2.36. The van der Waals surface area contributed by atoms with Crippen LogP contribution in [-0.2, 0) is 4.79 Å². The first-order chi connectivity index (χ1) is 2.77. The molecule has 0 rings (SSSR count). The Balaban J connectivity index is 2.81. The molecular weight excluding hydrogens is 123 g/mol. The first-order valence-electron chi connectivity index (χ1n) is 1.49. The molecule has 0 aromatic rings. The zero-order chi connectivity index (χ0) is 4.99. The summed E-state index contributed by atoms with van der Waals surface area (Å²) in [4.78, 5) is 8.92. The Bertz CT molecular complexity index is 44.1. The van der Waals surface area contributed by atoms with E-state index in [4.69, 9.17) is 23.2 Å². The molecule has 0 saturated carbocycles. The van der Waals surface area contributed by atoms with E-state index in [0.717, 1.165) is 0 Å². The highest BCUT2D eigenvalue weighted by molar-refractivity contribution is 6.44. The van der Waals surface area contributed by atoms with Gasteiger partial charge in [0, 0.05) is 6.42 Å². The van der Waals surface area contributed by atoms with E-state index < -0.39 is 4.84 Å². The van der Waals surface area contributed by atoms with Gasteiger partial charge in [0.05, 0.1) is 0 Å². The minimum absolute atomic E-state index is 0.225. The van der Waals surface area contributed by atoms with Gasteiger partial charge >= 0.3 is 0 Å². The molecule has 3 heteroatoms. The first kappa shape index (κ1) is 6.25. The Kier molecular flexibility index (Phi) is 3.58. The van der Waals surface area contributed by atoms with Crippen molar-refractivity contribution in [1.82, 2.24) is 0 Å². The number of hydrogen-bond donors (Lipinski definition) is 0. The molecule has 0 fully saturated rings. The van der Waals surface area contributed by atoms with Gasteiger partial charge < -0.3 is 4.79 Å². The average Bonchev–Trinajstić information content (AvgIpc) is 1.35. The lowest BCUT2D eigenvalue weighted by atomic mass is 10.6. The molecule has 0 spiro atoms. The maximum absolute atomic E-state index is 9.45. The molecule has 0 atom stereocenters. The molecule has 0 aliphatic heterocycles. The van der Waals surface area contributed by atoms with Crippen LogP contribution >= 0.6 is 23.2 Å². The zero-order valence-corrected chi connectivity index (χ0v) is 4.54. The number of hydrogen-bond acceptors (Lipinski definition) is 1. The van der Waals surface area contributed by atoms with Crippen molar-refractivity contribution in [3.05, 3.63) is 0 Å². The summed E-state index contributed by atoms with van der Waals surface area (Å²) < 4.78 is 0. The van der Waals surface area contributed by atoms with Crippen molar-refractivity contribution < 1.29 is 4.79 Å². The Hall–Kier alpha value is 0.250. The van der Waals surface area contributed by atoms with Gasteiger partial charge in [0.15, 0.2) is 0 Å². The highest BCUT2D eigenvalue weighted by atomic mass is 35.5. The lowest BCUT2D eigenvalue weighted by Gasteiger charge is -1.84. The second-order valence-corrected chi connectivity index (χ2v) is 2.07. The van der Waals surface area contributed by atoms with Gasteiger partial charge in [-0.05, 0) is 0 Å². The number of halogens is 2. The van der Waals surface area contributed by atoms with E-state index in [-0.39, 0.29) is 6.42 Å². The van der Waals surface area contributed by atoms with Crippen molar-refractivity contribution in [2.75, 3.05) is 0 Å². The summed E-state index contributed by atoms with van der Waals surface area (Å²) >= 11 is 10.2. The second kappa shape index (κ2) is 3.44. The van der Waals surface area contributed by atoms with E-state index >= 15 is 0 Å². The summed E-state index contributed by atoms with van der Waals surface area (Å²) in [7, 11) is 0. The largest absolute Gasteiger partial charge is 0.303 e. The lowest BCUT2D eigenvalue weighted by Crippen LogP contribution is -1.84. The van der Waals surface area contributed by atoms with E-state index in [9.17, 15) is 4.79 Å². The molecule has 0 aromatic heterocycles. The van der Waals surface area contributed by atoms with E-state index in [1.807, 2.05) is 0 Å². The van der Waals surface area contributed by atoms with Gasteiger partial charge in [0.25, 0.3) is 0 Å². The molecular formula is C3H4Cl2O. The highest BCUT2D eigenvalue weighted by Crippen LogP contribution is 2.02. The van der Waals surface area contributed by atoms with Crippen LogP contribution < -0.4 is 0 Å².